The Hall–Kier alpha value is -3.27. The summed E-state index contributed by atoms with van der Waals surface area (Å²) in [5.74, 6) is -0.688. The number of nitrogens with zero attached hydrogens (tertiary/aromatic N) is 3. The summed E-state index contributed by atoms with van der Waals surface area (Å²) in [6.07, 6.45) is 2.24. The zero-order valence-electron chi connectivity index (χ0n) is 17.9. The van der Waals surface area contributed by atoms with Crippen molar-refractivity contribution in [1.82, 2.24) is 25.6 Å². The number of aliphatic hydroxyl groups is 1. The summed E-state index contributed by atoms with van der Waals surface area (Å²) >= 11 is 0. The Morgan fingerprint density at radius 1 is 1.19 bits per heavy atom. The summed E-state index contributed by atoms with van der Waals surface area (Å²) in [6, 6.07) is 8.97. The number of aromatic nitrogens is 3. The Bertz CT molecular complexity index is 878. The molecule has 0 bridgehead atoms. The standard InChI is InChI=1S/C20H27N5O3.CH2O2/c1-20(2,3)22-18(27)13-9-10-15(17(26)11-13)21-19(28)16-12-25(24-23-16)14-7-5-4-6-8-14;2-1-3/h4-8,12-13,15,17,26H,9-11H2,1-3H3,(H,21,28)(H,22,27);1H,(H,2,3)/t13-,15-,17-;/m0./s1. The van der Waals surface area contributed by atoms with Gasteiger partial charge >= 0.3 is 0 Å². The van der Waals surface area contributed by atoms with E-state index in [9.17, 15) is 14.7 Å². The number of carbonyl (C=O) groups is 3. The second-order valence-corrected chi connectivity index (χ2v) is 8.39. The molecule has 10 heteroatoms. The second kappa shape index (κ2) is 10.7. The van der Waals surface area contributed by atoms with Crippen molar-refractivity contribution in [3.8, 4) is 5.69 Å². The predicted octanol–water partition coefficient (Wildman–Crippen LogP) is 1.14. The molecule has 1 heterocycles. The third kappa shape index (κ3) is 7.18. The average Bonchev–Trinajstić information content (AvgIpc) is 3.20. The molecular formula is C21H29N5O5. The molecule has 2 aromatic rings. The summed E-state index contributed by atoms with van der Waals surface area (Å²) < 4.78 is 1.53. The van der Waals surface area contributed by atoms with E-state index in [-0.39, 0.29) is 35.4 Å². The molecule has 10 nitrogen and oxygen atoms in total. The van der Waals surface area contributed by atoms with Crippen LogP contribution in [0.3, 0.4) is 0 Å². The van der Waals surface area contributed by atoms with Gasteiger partial charge in [-0.1, -0.05) is 23.4 Å². The summed E-state index contributed by atoms with van der Waals surface area (Å²) in [7, 11) is 0. The van der Waals surface area contributed by atoms with Crippen molar-refractivity contribution in [1.29, 1.82) is 0 Å². The van der Waals surface area contributed by atoms with Crippen molar-refractivity contribution in [2.24, 2.45) is 5.92 Å². The Morgan fingerprint density at radius 2 is 1.84 bits per heavy atom. The van der Waals surface area contributed by atoms with Crippen molar-refractivity contribution in [3.63, 3.8) is 0 Å². The minimum absolute atomic E-state index is 0.0536. The number of rotatable bonds is 4. The van der Waals surface area contributed by atoms with Crippen LogP contribution in [0.25, 0.3) is 5.69 Å². The van der Waals surface area contributed by atoms with Gasteiger partial charge in [0.15, 0.2) is 5.69 Å². The number of amides is 2. The molecule has 3 rings (SSSR count). The van der Waals surface area contributed by atoms with E-state index < -0.39 is 12.1 Å². The third-order valence-electron chi connectivity index (χ3n) is 4.75. The van der Waals surface area contributed by atoms with E-state index in [1.54, 1.807) is 6.20 Å². The first-order valence-electron chi connectivity index (χ1n) is 10.0. The number of benzene rings is 1. The molecule has 1 saturated carbocycles. The smallest absolute Gasteiger partial charge is 0.290 e. The lowest BCUT2D eigenvalue weighted by Gasteiger charge is -2.34. The van der Waals surface area contributed by atoms with E-state index in [2.05, 4.69) is 20.9 Å². The number of carbonyl (C=O) groups excluding carboxylic acids is 2. The van der Waals surface area contributed by atoms with E-state index in [0.717, 1.165) is 5.69 Å². The van der Waals surface area contributed by atoms with Crippen molar-refractivity contribution in [2.75, 3.05) is 0 Å². The van der Waals surface area contributed by atoms with Crippen LogP contribution in [0, 0.1) is 5.92 Å². The number of hydrogen-bond acceptors (Lipinski definition) is 6. The van der Waals surface area contributed by atoms with Crippen LogP contribution in [-0.4, -0.2) is 61.2 Å². The summed E-state index contributed by atoms with van der Waals surface area (Å²) in [5.41, 5.74) is 0.681. The molecule has 1 fully saturated rings. The van der Waals surface area contributed by atoms with Gasteiger partial charge in [0.25, 0.3) is 12.4 Å². The molecule has 3 atom stereocenters. The predicted molar refractivity (Wildman–Crippen MR) is 113 cm³/mol. The highest BCUT2D eigenvalue weighted by atomic mass is 16.3. The molecule has 1 aromatic heterocycles. The van der Waals surface area contributed by atoms with Gasteiger partial charge in [-0.25, -0.2) is 4.68 Å². The maximum absolute atomic E-state index is 12.5. The number of hydrogen-bond donors (Lipinski definition) is 4. The first kappa shape index (κ1) is 24.0. The first-order valence-corrected chi connectivity index (χ1v) is 10.0. The Kier molecular flexibility index (Phi) is 8.26. The summed E-state index contributed by atoms with van der Waals surface area (Å²) in [4.78, 5) is 33.2. The monoisotopic (exact) mass is 431 g/mol. The molecule has 1 aliphatic carbocycles. The van der Waals surface area contributed by atoms with Crippen LogP contribution < -0.4 is 10.6 Å². The van der Waals surface area contributed by atoms with Crippen molar-refractivity contribution in [3.05, 3.63) is 42.2 Å². The van der Waals surface area contributed by atoms with Crippen LogP contribution in [0.4, 0.5) is 0 Å². The molecule has 168 valence electrons. The third-order valence-corrected chi connectivity index (χ3v) is 4.75. The first-order chi connectivity index (χ1) is 14.6. The average molecular weight is 431 g/mol. The Morgan fingerprint density at radius 3 is 2.42 bits per heavy atom. The van der Waals surface area contributed by atoms with E-state index in [1.807, 2.05) is 51.1 Å². The van der Waals surface area contributed by atoms with E-state index in [0.29, 0.717) is 19.3 Å². The van der Waals surface area contributed by atoms with Gasteiger partial charge in [0.05, 0.1) is 24.0 Å². The fraction of sp³-hybridized carbons (Fsp3) is 0.476. The molecule has 0 aliphatic heterocycles. The number of nitrogens with one attached hydrogen (secondary N) is 2. The number of para-hydroxylation sites is 1. The Labute approximate surface area is 180 Å². The minimum atomic E-state index is -0.780. The highest BCUT2D eigenvalue weighted by Gasteiger charge is 2.35. The van der Waals surface area contributed by atoms with Gasteiger partial charge in [0, 0.05) is 11.5 Å². The molecule has 31 heavy (non-hydrogen) atoms. The minimum Gasteiger partial charge on any atom is -0.483 e. The van der Waals surface area contributed by atoms with E-state index >= 15 is 0 Å². The van der Waals surface area contributed by atoms with Gasteiger partial charge in [0.2, 0.25) is 5.91 Å². The largest absolute Gasteiger partial charge is 0.483 e. The van der Waals surface area contributed by atoms with Crippen molar-refractivity contribution in [2.45, 2.75) is 57.7 Å². The van der Waals surface area contributed by atoms with E-state index in [4.69, 9.17) is 9.90 Å². The van der Waals surface area contributed by atoms with Gasteiger partial charge in [-0.3, -0.25) is 14.4 Å². The van der Waals surface area contributed by atoms with Crippen molar-refractivity contribution < 1.29 is 24.6 Å². The SMILES string of the molecule is CC(C)(C)NC(=O)[C@H]1CC[C@H](NC(=O)c2cn(-c3ccccc3)nn2)[C@@H](O)C1.O=CO. The number of aliphatic hydroxyl groups excluding tert-OH is 1. The van der Waals surface area contributed by atoms with Crippen LogP contribution in [0.1, 0.15) is 50.5 Å². The lowest BCUT2D eigenvalue weighted by molar-refractivity contribution is -0.129. The molecule has 0 radical (unpaired) electrons. The van der Waals surface area contributed by atoms with Crippen LogP contribution in [-0.2, 0) is 9.59 Å². The van der Waals surface area contributed by atoms with Crippen LogP contribution in [0.15, 0.2) is 36.5 Å². The van der Waals surface area contributed by atoms with Crippen molar-refractivity contribution >= 4 is 18.3 Å². The fourth-order valence-electron chi connectivity index (χ4n) is 3.34. The van der Waals surface area contributed by atoms with Gasteiger partial charge < -0.3 is 20.8 Å². The zero-order chi connectivity index (χ0) is 23.0. The van der Waals surface area contributed by atoms with Gasteiger partial charge in [-0.15, -0.1) is 5.10 Å². The van der Waals surface area contributed by atoms with E-state index in [1.165, 1.54) is 4.68 Å². The topological polar surface area (TPSA) is 146 Å². The summed E-state index contributed by atoms with van der Waals surface area (Å²) in [6.45, 7) is 5.53. The quantitative estimate of drug-likeness (QED) is 0.531. The van der Waals surface area contributed by atoms with Gasteiger partial charge in [-0.2, -0.15) is 0 Å². The highest BCUT2D eigenvalue weighted by molar-refractivity contribution is 5.92. The highest BCUT2D eigenvalue weighted by Crippen LogP contribution is 2.26. The lowest BCUT2D eigenvalue weighted by atomic mass is 9.83. The van der Waals surface area contributed by atoms with Crippen LogP contribution >= 0.6 is 0 Å². The molecule has 0 saturated heterocycles. The Balaban J connectivity index is 0.00000107. The lowest BCUT2D eigenvalue weighted by Crippen LogP contribution is -2.51. The number of carboxylic acid groups (broad SMARTS) is 1. The zero-order valence-corrected chi connectivity index (χ0v) is 17.9. The summed E-state index contributed by atoms with van der Waals surface area (Å²) in [5, 5.41) is 31.0. The van der Waals surface area contributed by atoms with Crippen LogP contribution in [0.2, 0.25) is 0 Å². The molecule has 0 unspecified atom stereocenters. The molecule has 1 aliphatic rings. The normalized spacial score (nSPS) is 20.7. The molecule has 1 aromatic carbocycles. The molecular weight excluding hydrogens is 402 g/mol. The molecule has 4 N–H and O–H groups in total. The van der Waals surface area contributed by atoms with Crippen LogP contribution in [0.5, 0.6) is 0 Å². The fourth-order valence-corrected chi connectivity index (χ4v) is 3.34. The molecule has 2 amide bonds. The second-order valence-electron chi connectivity index (χ2n) is 8.39. The maximum Gasteiger partial charge on any atom is 0.290 e. The van der Waals surface area contributed by atoms with Gasteiger partial charge in [0.1, 0.15) is 0 Å². The van der Waals surface area contributed by atoms with Gasteiger partial charge in [-0.05, 0) is 52.2 Å². The maximum atomic E-state index is 12.5. The molecule has 0 spiro atoms.